The maximum atomic E-state index is 14.9. The van der Waals surface area contributed by atoms with Crippen LogP contribution >= 0.6 is 11.6 Å². The van der Waals surface area contributed by atoms with Crippen LogP contribution in [0, 0.1) is 5.82 Å². The van der Waals surface area contributed by atoms with Gasteiger partial charge in [-0.25, -0.2) is 9.18 Å². The lowest BCUT2D eigenvalue weighted by molar-refractivity contribution is -0.253. The highest BCUT2D eigenvalue weighted by Gasteiger charge is 2.45. The number of carbonyl (C=O) groups is 1. The molecule has 0 spiro atoms. The highest BCUT2D eigenvalue weighted by molar-refractivity contribution is 6.30. The van der Waals surface area contributed by atoms with Crippen molar-refractivity contribution in [2.45, 2.75) is 30.8 Å². The van der Waals surface area contributed by atoms with Crippen LogP contribution in [-0.2, 0) is 18.3 Å². The van der Waals surface area contributed by atoms with E-state index in [1.807, 2.05) is 0 Å². The molecule has 4 aromatic rings. The molecule has 15 heteroatoms. The fraction of sp³-hybridized carbons (Fsp3) is 0.269. The smallest absolute Gasteiger partial charge is 0.428 e. The minimum Gasteiger partial charge on any atom is -0.428 e. The van der Waals surface area contributed by atoms with Gasteiger partial charge in [0.25, 0.3) is 0 Å². The molecule has 2 amide bonds. The van der Waals surface area contributed by atoms with Crippen molar-refractivity contribution in [2.75, 3.05) is 13.1 Å². The van der Waals surface area contributed by atoms with Crippen LogP contribution < -0.4 is 15.4 Å². The molecule has 4 rings (SSSR count). The van der Waals surface area contributed by atoms with Crippen LogP contribution in [0.2, 0.25) is 5.02 Å². The van der Waals surface area contributed by atoms with E-state index in [0.29, 0.717) is 17.5 Å². The lowest BCUT2D eigenvalue weighted by atomic mass is 9.72. The minimum absolute atomic E-state index is 0.0309. The first-order chi connectivity index (χ1) is 19.6. The number of ether oxygens (including phenoxy) is 1. The van der Waals surface area contributed by atoms with Crippen LogP contribution in [0.5, 0.6) is 5.75 Å². The molecule has 0 aliphatic rings. The van der Waals surface area contributed by atoms with Gasteiger partial charge >= 0.3 is 18.6 Å². The molecule has 0 unspecified atom stereocenters. The van der Waals surface area contributed by atoms with Gasteiger partial charge in [-0.2, -0.15) is 22.8 Å². The zero-order chi connectivity index (χ0) is 29.5. The molecule has 0 radical (unpaired) electrons. The second-order valence-electron chi connectivity index (χ2n) is 8.93. The fourth-order valence-electron chi connectivity index (χ4n) is 4.17. The number of halogens is 6. The number of alkyl halides is 4. The van der Waals surface area contributed by atoms with E-state index in [2.05, 4.69) is 41.0 Å². The first-order valence-electron chi connectivity index (χ1n) is 12.1. The number of H-pyrrole nitrogens is 1. The SMILES string of the molecule is O=C(NCCc1nn[nH]n1)NC[C@@](Cc1ccccc1)(c1cc(F)cc(OC(F)(F)C(F)F)c1)c1ccc(Cl)cn1. The number of urea groups is 1. The normalized spacial score (nSPS) is 13.0. The molecule has 0 saturated carbocycles. The molecule has 3 N–H and O–H groups in total. The molecule has 9 nitrogen and oxygen atoms in total. The van der Waals surface area contributed by atoms with Gasteiger partial charge in [-0.3, -0.25) is 4.98 Å². The summed E-state index contributed by atoms with van der Waals surface area (Å²) in [5.41, 5.74) is -0.372. The molecule has 2 aromatic heterocycles. The van der Waals surface area contributed by atoms with Gasteiger partial charge in [0.05, 0.1) is 16.1 Å². The molecule has 2 aromatic carbocycles. The summed E-state index contributed by atoms with van der Waals surface area (Å²) in [5.74, 6) is -1.48. The predicted molar refractivity (Wildman–Crippen MR) is 137 cm³/mol. The van der Waals surface area contributed by atoms with Gasteiger partial charge in [0.15, 0.2) is 5.82 Å². The third-order valence-corrected chi connectivity index (χ3v) is 6.30. The summed E-state index contributed by atoms with van der Waals surface area (Å²) in [6.07, 6.45) is -7.33. The van der Waals surface area contributed by atoms with Crippen molar-refractivity contribution >= 4 is 17.6 Å². The number of carbonyl (C=O) groups excluding carboxylic acids is 1. The zero-order valence-corrected chi connectivity index (χ0v) is 21.9. The minimum atomic E-state index is -4.87. The Bertz CT molecular complexity index is 1430. The molecule has 41 heavy (non-hydrogen) atoms. The number of hydrogen-bond donors (Lipinski definition) is 3. The summed E-state index contributed by atoms with van der Waals surface area (Å²) < 4.78 is 72.4. The Labute approximate surface area is 235 Å². The van der Waals surface area contributed by atoms with Crippen LogP contribution in [0.1, 0.15) is 22.6 Å². The molecule has 0 aliphatic carbocycles. The monoisotopic (exact) mass is 595 g/mol. The summed E-state index contributed by atoms with van der Waals surface area (Å²) in [6, 6.07) is 13.9. The van der Waals surface area contributed by atoms with E-state index in [-0.39, 0.29) is 42.2 Å². The van der Waals surface area contributed by atoms with E-state index in [1.165, 1.54) is 12.3 Å². The molecule has 0 fully saturated rings. The van der Waals surface area contributed by atoms with Crippen LogP contribution in [0.3, 0.4) is 0 Å². The van der Waals surface area contributed by atoms with Crippen molar-refractivity contribution in [3.63, 3.8) is 0 Å². The van der Waals surface area contributed by atoms with E-state index in [1.54, 1.807) is 36.4 Å². The largest absolute Gasteiger partial charge is 0.461 e. The van der Waals surface area contributed by atoms with Gasteiger partial charge in [-0.15, -0.1) is 10.2 Å². The Morgan fingerprint density at radius 2 is 1.85 bits per heavy atom. The highest BCUT2D eigenvalue weighted by Crippen LogP contribution is 2.38. The number of aromatic amines is 1. The first-order valence-corrected chi connectivity index (χ1v) is 12.5. The first kappa shape index (κ1) is 29.6. The maximum Gasteiger partial charge on any atom is 0.461 e. The molecule has 216 valence electrons. The van der Waals surface area contributed by atoms with Gasteiger partial charge < -0.3 is 15.4 Å². The molecular formula is C26H23ClF5N7O2. The lowest BCUT2D eigenvalue weighted by Gasteiger charge is -2.35. The van der Waals surface area contributed by atoms with Crippen molar-refractivity contribution in [3.8, 4) is 5.75 Å². The molecule has 1 atom stereocenters. The fourth-order valence-corrected chi connectivity index (χ4v) is 4.28. The number of pyridine rings is 1. The Morgan fingerprint density at radius 3 is 2.51 bits per heavy atom. The molecule has 0 aliphatic heterocycles. The predicted octanol–water partition coefficient (Wildman–Crippen LogP) is 4.69. The summed E-state index contributed by atoms with van der Waals surface area (Å²) in [5, 5.41) is 19.0. The summed E-state index contributed by atoms with van der Waals surface area (Å²) in [4.78, 5) is 17.2. The quantitative estimate of drug-likeness (QED) is 0.205. The van der Waals surface area contributed by atoms with Crippen molar-refractivity contribution in [1.82, 2.24) is 36.2 Å². The highest BCUT2D eigenvalue weighted by atomic mass is 35.5. The van der Waals surface area contributed by atoms with E-state index >= 15 is 0 Å². The Balaban J connectivity index is 1.74. The maximum absolute atomic E-state index is 14.9. The summed E-state index contributed by atoms with van der Waals surface area (Å²) >= 11 is 6.05. The van der Waals surface area contributed by atoms with Crippen LogP contribution in [0.4, 0.5) is 26.7 Å². The zero-order valence-electron chi connectivity index (χ0n) is 21.1. The number of rotatable bonds is 12. The topological polar surface area (TPSA) is 118 Å². The van der Waals surface area contributed by atoms with Gasteiger partial charge in [0.1, 0.15) is 11.6 Å². The summed E-state index contributed by atoms with van der Waals surface area (Å²) in [6.45, 7) is -0.0738. The van der Waals surface area contributed by atoms with E-state index in [4.69, 9.17) is 11.6 Å². The Kier molecular flexibility index (Phi) is 9.32. The number of aromatic nitrogens is 5. The van der Waals surface area contributed by atoms with E-state index in [9.17, 15) is 26.7 Å². The number of benzene rings is 2. The number of amides is 2. The Hall–Kier alpha value is -4.33. The average molecular weight is 596 g/mol. The number of nitrogens with zero attached hydrogens (tertiary/aromatic N) is 4. The van der Waals surface area contributed by atoms with Gasteiger partial charge in [-0.05, 0) is 41.8 Å². The lowest BCUT2D eigenvalue weighted by Crippen LogP contribution is -2.47. The summed E-state index contributed by atoms with van der Waals surface area (Å²) in [7, 11) is 0. The van der Waals surface area contributed by atoms with Crippen LogP contribution in [0.25, 0.3) is 0 Å². The van der Waals surface area contributed by atoms with Crippen molar-refractivity contribution < 1.29 is 31.5 Å². The number of tetrazole rings is 1. The second-order valence-corrected chi connectivity index (χ2v) is 9.37. The van der Waals surface area contributed by atoms with Crippen molar-refractivity contribution in [3.05, 3.63) is 100 Å². The number of hydrogen-bond acceptors (Lipinski definition) is 6. The van der Waals surface area contributed by atoms with Crippen LogP contribution in [0.15, 0.2) is 66.9 Å². The average Bonchev–Trinajstić information content (AvgIpc) is 3.45. The van der Waals surface area contributed by atoms with Crippen LogP contribution in [-0.4, -0.2) is 57.3 Å². The molecule has 0 saturated heterocycles. The molecular weight excluding hydrogens is 573 g/mol. The van der Waals surface area contributed by atoms with E-state index in [0.717, 1.165) is 12.1 Å². The second kappa shape index (κ2) is 12.9. The molecule has 0 bridgehead atoms. The van der Waals surface area contributed by atoms with Crippen molar-refractivity contribution in [2.24, 2.45) is 0 Å². The standard InChI is InChI=1S/C26H23ClF5N7O2/c27-18-6-7-21(34-14-18)25(13-16-4-2-1-3-5-16,15-35-24(40)33-9-8-22-36-38-39-37-22)17-10-19(28)12-20(11-17)41-26(31,32)23(29)30/h1-7,10-12,14,23H,8-9,13,15H2,(H2,33,35,40)(H,36,37,38,39)/t25-/m0/s1. The Morgan fingerprint density at radius 1 is 1.07 bits per heavy atom. The van der Waals surface area contributed by atoms with Gasteiger partial charge in [0, 0.05) is 31.8 Å². The van der Waals surface area contributed by atoms with Gasteiger partial charge in [0.2, 0.25) is 0 Å². The van der Waals surface area contributed by atoms with Crippen molar-refractivity contribution in [1.29, 1.82) is 0 Å². The third-order valence-electron chi connectivity index (χ3n) is 6.07. The third kappa shape index (κ3) is 7.66. The molecule has 2 heterocycles. The number of nitrogens with one attached hydrogen (secondary N) is 3. The van der Waals surface area contributed by atoms with E-state index < -0.39 is 35.5 Å². The van der Waals surface area contributed by atoms with Gasteiger partial charge in [-0.1, -0.05) is 47.1 Å².